The van der Waals surface area contributed by atoms with Crippen LogP contribution in [0.5, 0.6) is 0 Å². The summed E-state index contributed by atoms with van der Waals surface area (Å²) < 4.78 is 0. The number of rotatable bonds is 2. The van der Waals surface area contributed by atoms with Gasteiger partial charge in [0.15, 0.2) is 0 Å². The molecule has 0 aliphatic carbocycles. The zero-order valence-electron chi connectivity index (χ0n) is 11.6. The first-order chi connectivity index (χ1) is 9.69. The third-order valence-electron chi connectivity index (χ3n) is 4.01. The van der Waals surface area contributed by atoms with Gasteiger partial charge in [0, 0.05) is 49.7 Å². The Kier molecular flexibility index (Phi) is 3.85. The van der Waals surface area contributed by atoms with Crippen LogP contribution in [-0.4, -0.2) is 48.5 Å². The van der Waals surface area contributed by atoms with E-state index in [0.29, 0.717) is 12.3 Å². The zero-order chi connectivity index (χ0) is 14.1. The van der Waals surface area contributed by atoms with Crippen LogP contribution in [0.1, 0.15) is 12.8 Å². The van der Waals surface area contributed by atoms with Gasteiger partial charge in [0.25, 0.3) is 0 Å². The molecular weight excluding hydrogens is 274 g/mol. The van der Waals surface area contributed by atoms with E-state index >= 15 is 0 Å². The largest absolute Gasteiger partial charge is 0.396 e. The first-order valence-corrected chi connectivity index (χ1v) is 7.93. The maximum absolute atomic E-state index is 11.8. The van der Waals surface area contributed by atoms with E-state index in [0.717, 1.165) is 41.7 Å². The molecule has 3 rings (SSSR count). The quantitative estimate of drug-likeness (QED) is 0.892. The third-order valence-corrected chi connectivity index (χ3v) is 5.05. The van der Waals surface area contributed by atoms with Crippen molar-refractivity contribution in [2.75, 3.05) is 42.3 Å². The lowest BCUT2D eigenvalue weighted by Gasteiger charge is -2.21. The number of pyridine rings is 1. The summed E-state index contributed by atoms with van der Waals surface area (Å²) in [5.41, 5.74) is 0.902. The van der Waals surface area contributed by atoms with Gasteiger partial charge < -0.3 is 14.9 Å². The Morgan fingerprint density at radius 2 is 2.40 bits per heavy atom. The van der Waals surface area contributed by atoms with Crippen LogP contribution in [0.15, 0.2) is 17.2 Å². The van der Waals surface area contributed by atoms with E-state index in [9.17, 15) is 9.90 Å². The Morgan fingerprint density at radius 3 is 3.15 bits per heavy atom. The van der Waals surface area contributed by atoms with Gasteiger partial charge in [0.05, 0.1) is 11.9 Å². The van der Waals surface area contributed by atoms with Crippen molar-refractivity contribution in [3.63, 3.8) is 0 Å². The molecular formula is C14H19N3O2S. The van der Waals surface area contributed by atoms with Crippen LogP contribution in [0.3, 0.4) is 0 Å². The monoisotopic (exact) mass is 293 g/mol. The molecule has 1 aromatic heterocycles. The summed E-state index contributed by atoms with van der Waals surface area (Å²) in [5.74, 6) is 2.27. The normalized spacial score (nSPS) is 22.9. The van der Waals surface area contributed by atoms with Gasteiger partial charge in [-0.3, -0.25) is 4.79 Å². The average Bonchev–Trinajstić information content (AvgIpc) is 2.90. The van der Waals surface area contributed by atoms with Crippen molar-refractivity contribution >= 4 is 29.2 Å². The summed E-state index contributed by atoms with van der Waals surface area (Å²) in [6, 6.07) is 2.08. The van der Waals surface area contributed by atoms with Gasteiger partial charge in [-0.15, -0.1) is 11.8 Å². The van der Waals surface area contributed by atoms with Gasteiger partial charge in [0.1, 0.15) is 5.82 Å². The number of aliphatic hydroxyl groups is 1. The van der Waals surface area contributed by atoms with E-state index < -0.39 is 0 Å². The van der Waals surface area contributed by atoms with Crippen molar-refractivity contribution in [1.82, 2.24) is 4.98 Å². The number of carbonyl (C=O) groups excluding carboxylic acids is 1. The van der Waals surface area contributed by atoms with Crippen LogP contribution in [0.4, 0.5) is 11.5 Å². The van der Waals surface area contributed by atoms with Crippen LogP contribution in [0.2, 0.25) is 0 Å². The first-order valence-electron chi connectivity index (χ1n) is 6.94. The Morgan fingerprint density at radius 1 is 1.55 bits per heavy atom. The zero-order valence-corrected chi connectivity index (χ0v) is 12.4. The van der Waals surface area contributed by atoms with E-state index in [2.05, 4.69) is 16.0 Å². The molecule has 1 fully saturated rings. The highest BCUT2D eigenvalue weighted by Crippen LogP contribution is 2.36. The van der Waals surface area contributed by atoms with Crippen LogP contribution < -0.4 is 9.80 Å². The number of thioether (sulfide) groups is 1. The minimum Gasteiger partial charge on any atom is -0.396 e. The third kappa shape index (κ3) is 2.50. The van der Waals surface area contributed by atoms with E-state index in [1.54, 1.807) is 22.9 Å². The molecule has 0 spiro atoms. The minimum absolute atomic E-state index is 0.146. The lowest BCUT2D eigenvalue weighted by atomic mass is 10.1. The van der Waals surface area contributed by atoms with Gasteiger partial charge in [0.2, 0.25) is 5.91 Å². The summed E-state index contributed by atoms with van der Waals surface area (Å²) in [5, 5.41) is 9.23. The molecule has 2 aliphatic rings. The highest BCUT2D eigenvalue weighted by atomic mass is 32.2. The van der Waals surface area contributed by atoms with Crippen molar-refractivity contribution in [3.05, 3.63) is 12.3 Å². The molecule has 1 unspecified atom stereocenters. The predicted octanol–water partition coefficient (Wildman–Crippen LogP) is 1.36. The molecule has 108 valence electrons. The molecule has 1 aromatic rings. The molecule has 0 bridgehead atoms. The number of anilines is 2. The van der Waals surface area contributed by atoms with Crippen molar-refractivity contribution in [3.8, 4) is 0 Å². The van der Waals surface area contributed by atoms with Crippen molar-refractivity contribution in [1.29, 1.82) is 0 Å². The lowest BCUT2D eigenvalue weighted by Crippen LogP contribution is -2.26. The smallest absolute Gasteiger partial charge is 0.227 e. The van der Waals surface area contributed by atoms with Gasteiger partial charge in [-0.25, -0.2) is 4.98 Å². The summed E-state index contributed by atoms with van der Waals surface area (Å²) in [6.45, 7) is 2.05. The Bertz CT molecular complexity index is 523. The second kappa shape index (κ2) is 5.61. The topological polar surface area (TPSA) is 56.7 Å². The molecule has 0 aromatic carbocycles. The molecule has 0 radical (unpaired) electrons. The first kappa shape index (κ1) is 13.7. The average molecular weight is 293 g/mol. The molecule has 1 saturated heterocycles. The van der Waals surface area contributed by atoms with Crippen molar-refractivity contribution in [2.45, 2.75) is 17.7 Å². The van der Waals surface area contributed by atoms with Crippen molar-refractivity contribution < 1.29 is 9.90 Å². The van der Waals surface area contributed by atoms with E-state index in [1.165, 1.54) is 0 Å². The summed E-state index contributed by atoms with van der Waals surface area (Å²) >= 11 is 1.72. The number of aliphatic hydroxyl groups excluding tert-OH is 1. The SMILES string of the molecule is CN1C(=O)CCSc2cc(N3CCC(CO)C3)ncc21. The molecule has 1 atom stereocenters. The maximum Gasteiger partial charge on any atom is 0.227 e. The van der Waals surface area contributed by atoms with Crippen LogP contribution in [-0.2, 0) is 4.79 Å². The van der Waals surface area contributed by atoms with E-state index in [4.69, 9.17) is 0 Å². The highest BCUT2D eigenvalue weighted by Gasteiger charge is 2.25. The van der Waals surface area contributed by atoms with Crippen LogP contribution in [0, 0.1) is 5.92 Å². The summed E-state index contributed by atoms with van der Waals surface area (Å²) in [4.78, 5) is 21.4. The van der Waals surface area contributed by atoms with Crippen molar-refractivity contribution in [2.24, 2.45) is 5.92 Å². The van der Waals surface area contributed by atoms with E-state index in [-0.39, 0.29) is 12.5 Å². The van der Waals surface area contributed by atoms with Gasteiger partial charge in [-0.1, -0.05) is 0 Å². The number of aromatic nitrogens is 1. The van der Waals surface area contributed by atoms with E-state index in [1.807, 2.05) is 7.05 Å². The maximum atomic E-state index is 11.8. The fourth-order valence-electron chi connectivity index (χ4n) is 2.70. The molecule has 3 heterocycles. The number of fused-ring (bicyclic) bond motifs is 1. The molecule has 1 amide bonds. The number of hydrogen-bond acceptors (Lipinski definition) is 5. The molecule has 20 heavy (non-hydrogen) atoms. The summed E-state index contributed by atoms with van der Waals surface area (Å²) in [6.07, 6.45) is 3.38. The number of hydrogen-bond donors (Lipinski definition) is 1. The number of nitrogens with zero attached hydrogens (tertiary/aromatic N) is 3. The Balaban J connectivity index is 1.86. The minimum atomic E-state index is 0.146. The van der Waals surface area contributed by atoms with Gasteiger partial charge >= 0.3 is 0 Å². The molecule has 2 aliphatic heterocycles. The van der Waals surface area contributed by atoms with Crippen LogP contribution >= 0.6 is 11.8 Å². The molecule has 0 saturated carbocycles. The van der Waals surface area contributed by atoms with Gasteiger partial charge in [-0.05, 0) is 12.5 Å². The number of amides is 1. The Hall–Kier alpha value is -1.27. The fraction of sp³-hybridized carbons (Fsp3) is 0.571. The summed E-state index contributed by atoms with van der Waals surface area (Å²) in [7, 11) is 1.81. The molecule has 5 nitrogen and oxygen atoms in total. The Labute approximate surface area is 123 Å². The highest BCUT2D eigenvalue weighted by molar-refractivity contribution is 7.99. The van der Waals surface area contributed by atoms with Crippen LogP contribution in [0.25, 0.3) is 0 Å². The fourth-order valence-corrected chi connectivity index (χ4v) is 3.72. The van der Waals surface area contributed by atoms with Gasteiger partial charge in [-0.2, -0.15) is 0 Å². The lowest BCUT2D eigenvalue weighted by molar-refractivity contribution is -0.117. The predicted molar refractivity (Wildman–Crippen MR) is 80.4 cm³/mol. The molecule has 6 heteroatoms. The number of carbonyl (C=O) groups is 1. The second-order valence-electron chi connectivity index (χ2n) is 5.34. The second-order valence-corrected chi connectivity index (χ2v) is 6.48. The molecule has 1 N–H and O–H groups in total. The standard InChI is InChI=1S/C14H19N3O2S/c1-16-11-7-15-13(17-4-2-10(8-17)9-18)6-12(11)20-5-3-14(16)19/h6-7,10,18H,2-5,8-9H2,1H3.